The molecule has 2 aromatic carbocycles. The number of rotatable bonds is 7. The van der Waals surface area contributed by atoms with Gasteiger partial charge >= 0.3 is 0 Å². The molecule has 1 aliphatic heterocycles. The minimum absolute atomic E-state index is 0.0181. The van der Waals surface area contributed by atoms with Crippen LogP contribution in [0.2, 0.25) is 0 Å². The number of hydrogen-bond acceptors (Lipinski definition) is 6. The number of sulfonamides is 1. The number of nitro groups is 1. The highest BCUT2D eigenvalue weighted by Gasteiger charge is 2.27. The van der Waals surface area contributed by atoms with Gasteiger partial charge in [-0.05, 0) is 25.1 Å². The number of nitro benzene ring substituents is 1. The Hall–Kier alpha value is -2.49. The van der Waals surface area contributed by atoms with Gasteiger partial charge in [0.05, 0.1) is 4.92 Å². The van der Waals surface area contributed by atoms with Crippen LogP contribution in [0.25, 0.3) is 0 Å². The number of piperazine rings is 1. The van der Waals surface area contributed by atoms with Gasteiger partial charge in [0.2, 0.25) is 10.0 Å². The lowest BCUT2D eigenvalue weighted by Crippen LogP contribution is -2.52. The zero-order valence-corrected chi connectivity index (χ0v) is 16.5. The summed E-state index contributed by atoms with van der Waals surface area (Å²) in [5.41, 5.74) is 0.769. The maximum Gasteiger partial charge on any atom is 0.289 e. The van der Waals surface area contributed by atoms with E-state index in [-0.39, 0.29) is 17.5 Å². The summed E-state index contributed by atoms with van der Waals surface area (Å²) in [5.74, 6) is 0. The van der Waals surface area contributed by atoms with Gasteiger partial charge in [-0.2, -0.15) is 0 Å². The molecule has 0 saturated carbocycles. The third-order valence-corrected chi connectivity index (χ3v) is 6.45. The lowest BCUT2D eigenvalue weighted by molar-refractivity contribution is -0.387. The molecule has 0 amide bonds. The van der Waals surface area contributed by atoms with Crippen LogP contribution in [0, 0.1) is 10.1 Å². The van der Waals surface area contributed by atoms with Crippen LogP contribution >= 0.6 is 0 Å². The summed E-state index contributed by atoms with van der Waals surface area (Å²) < 4.78 is 27.6. The van der Waals surface area contributed by atoms with E-state index in [2.05, 4.69) is 26.7 Å². The van der Waals surface area contributed by atoms with Crippen molar-refractivity contribution in [1.82, 2.24) is 9.62 Å². The Morgan fingerprint density at radius 1 is 1.04 bits per heavy atom. The highest BCUT2D eigenvalue weighted by atomic mass is 32.2. The van der Waals surface area contributed by atoms with Crippen molar-refractivity contribution in [3.63, 3.8) is 0 Å². The maximum atomic E-state index is 12.5. The SMILES string of the molecule is CC(CNS(=O)(=O)c1ccccc1[N+](=O)[O-])N1CCN(c2ccccc2)CC1. The Balaban J connectivity index is 1.57. The van der Waals surface area contributed by atoms with Crippen LogP contribution in [0.15, 0.2) is 59.5 Å². The first-order valence-corrected chi connectivity index (χ1v) is 10.6. The fourth-order valence-electron chi connectivity index (χ4n) is 3.33. The second kappa shape index (κ2) is 8.68. The quantitative estimate of drug-likeness (QED) is 0.561. The fraction of sp³-hybridized carbons (Fsp3) is 0.368. The van der Waals surface area contributed by atoms with Crippen molar-refractivity contribution in [2.75, 3.05) is 37.6 Å². The van der Waals surface area contributed by atoms with Gasteiger partial charge in [-0.15, -0.1) is 0 Å². The molecule has 150 valence electrons. The van der Waals surface area contributed by atoms with E-state index >= 15 is 0 Å². The average molecular weight is 404 g/mol. The van der Waals surface area contributed by atoms with E-state index in [1.807, 2.05) is 25.1 Å². The third kappa shape index (κ3) is 4.67. The minimum Gasteiger partial charge on any atom is -0.369 e. The largest absolute Gasteiger partial charge is 0.369 e. The van der Waals surface area contributed by atoms with E-state index in [4.69, 9.17) is 0 Å². The van der Waals surface area contributed by atoms with Gasteiger partial charge < -0.3 is 4.90 Å². The second-order valence-corrected chi connectivity index (χ2v) is 8.52. The summed E-state index contributed by atoms with van der Waals surface area (Å²) in [7, 11) is -3.95. The summed E-state index contributed by atoms with van der Waals surface area (Å²) in [5, 5.41) is 11.1. The fourth-order valence-corrected chi connectivity index (χ4v) is 4.62. The zero-order chi connectivity index (χ0) is 20.1. The highest BCUT2D eigenvalue weighted by molar-refractivity contribution is 7.89. The lowest BCUT2D eigenvalue weighted by Gasteiger charge is -2.39. The second-order valence-electron chi connectivity index (χ2n) is 6.78. The maximum absolute atomic E-state index is 12.5. The van der Waals surface area contributed by atoms with Crippen molar-refractivity contribution in [2.24, 2.45) is 0 Å². The van der Waals surface area contributed by atoms with Crippen LogP contribution in [-0.2, 0) is 10.0 Å². The number of nitrogens with one attached hydrogen (secondary N) is 1. The van der Waals surface area contributed by atoms with Gasteiger partial charge in [0.25, 0.3) is 5.69 Å². The van der Waals surface area contributed by atoms with Gasteiger partial charge in [-0.25, -0.2) is 13.1 Å². The van der Waals surface area contributed by atoms with Gasteiger partial charge in [0, 0.05) is 50.5 Å². The van der Waals surface area contributed by atoms with E-state index in [1.165, 1.54) is 30.0 Å². The Morgan fingerprint density at radius 3 is 2.29 bits per heavy atom. The van der Waals surface area contributed by atoms with Gasteiger partial charge in [-0.1, -0.05) is 30.3 Å². The van der Waals surface area contributed by atoms with Crippen LogP contribution in [0.5, 0.6) is 0 Å². The molecule has 0 spiro atoms. The first-order valence-electron chi connectivity index (χ1n) is 9.15. The van der Waals surface area contributed by atoms with Crippen molar-refractivity contribution in [3.05, 3.63) is 64.7 Å². The molecule has 0 aromatic heterocycles. The van der Waals surface area contributed by atoms with Crippen molar-refractivity contribution < 1.29 is 13.3 Å². The standard InChI is InChI=1S/C19H24N4O4S/c1-16(21-11-13-22(14-12-21)17-7-3-2-4-8-17)15-20-28(26,27)19-10-6-5-9-18(19)23(24)25/h2-10,16,20H,11-15H2,1H3. The molecule has 9 heteroatoms. The zero-order valence-electron chi connectivity index (χ0n) is 15.7. The molecule has 1 aliphatic rings. The number of anilines is 1. The van der Waals surface area contributed by atoms with Gasteiger partial charge in [0.1, 0.15) is 0 Å². The molecule has 0 radical (unpaired) electrons. The van der Waals surface area contributed by atoms with Crippen LogP contribution in [0.1, 0.15) is 6.92 Å². The van der Waals surface area contributed by atoms with E-state index in [0.717, 1.165) is 26.2 Å². The summed E-state index contributed by atoms with van der Waals surface area (Å²) >= 11 is 0. The van der Waals surface area contributed by atoms with E-state index < -0.39 is 20.6 Å². The molecule has 1 saturated heterocycles. The Kier molecular flexibility index (Phi) is 6.28. The normalized spacial score (nSPS) is 16.7. The predicted molar refractivity (Wildman–Crippen MR) is 108 cm³/mol. The Morgan fingerprint density at radius 2 is 1.64 bits per heavy atom. The van der Waals surface area contributed by atoms with Gasteiger partial charge in [0.15, 0.2) is 4.90 Å². The van der Waals surface area contributed by atoms with Crippen LogP contribution in [0.4, 0.5) is 11.4 Å². The molecule has 28 heavy (non-hydrogen) atoms. The van der Waals surface area contributed by atoms with Crippen LogP contribution < -0.4 is 9.62 Å². The van der Waals surface area contributed by atoms with Crippen molar-refractivity contribution >= 4 is 21.4 Å². The first-order chi connectivity index (χ1) is 13.4. The summed E-state index contributed by atoms with van der Waals surface area (Å²) in [6.07, 6.45) is 0. The molecule has 0 bridgehead atoms. The highest BCUT2D eigenvalue weighted by Crippen LogP contribution is 2.23. The van der Waals surface area contributed by atoms with Crippen molar-refractivity contribution in [1.29, 1.82) is 0 Å². The lowest BCUT2D eigenvalue weighted by atomic mass is 10.2. The molecule has 8 nitrogen and oxygen atoms in total. The predicted octanol–water partition coefficient (Wildman–Crippen LogP) is 2.08. The van der Waals surface area contributed by atoms with E-state index in [9.17, 15) is 18.5 Å². The molecule has 1 atom stereocenters. The summed E-state index contributed by atoms with van der Waals surface area (Å²) in [6.45, 7) is 5.53. The molecule has 3 rings (SSSR count). The molecular weight excluding hydrogens is 380 g/mol. The Bertz CT molecular complexity index is 913. The van der Waals surface area contributed by atoms with Crippen molar-refractivity contribution in [3.8, 4) is 0 Å². The minimum atomic E-state index is -3.95. The van der Waals surface area contributed by atoms with Crippen molar-refractivity contribution in [2.45, 2.75) is 17.9 Å². The topological polar surface area (TPSA) is 95.8 Å². The van der Waals surface area contributed by atoms with Crippen LogP contribution in [0.3, 0.4) is 0 Å². The Labute approximate surface area is 165 Å². The van der Waals surface area contributed by atoms with E-state index in [0.29, 0.717) is 0 Å². The van der Waals surface area contributed by atoms with E-state index in [1.54, 1.807) is 0 Å². The van der Waals surface area contributed by atoms with Gasteiger partial charge in [-0.3, -0.25) is 15.0 Å². The summed E-state index contributed by atoms with van der Waals surface area (Å²) in [4.78, 5) is 14.6. The molecule has 2 aromatic rings. The average Bonchev–Trinajstić information content (AvgIpc) is 2.73. The number of hydrogen-bond donors (Lipinski definition) is 1. The number of para-hydroxylation sites is 2. The molecule has 1 heterocycles. The molecule has 1 fully saturated rings. The molecular formula is C19H24N4O4S. The number of nitrogens with zero attached hydrogens (tertiary/aromatic N) is 3. The van der Waals surface area contributed by atoms with Crippen LogP contribution in [-0.4, -0.2) is 57.0 Å². The monoisotopic (exact) mass is 404 g/mol. The number of benzene rings is 2. The molecule has 1 unspecified atom stereocenters. The summed E-state index contributed by atoms with van der Waals surface area (Å²) in [6, 6.07) is 15.6. The molecule has 1 N–H and O–H groups in total. The third-order valence-electron chi connectivity index (χ3n) is 4.98. The molecule has 0 aliphatic carbocycles. The first kappa shape index (κ1) is 20.2. The smallest absolute Gasteiger partial charge is 0.289 e.